The Hall–Kier alpha value is -7.74. The number of nitrogens with zero attached hydrogens (tertiary/aromatic N) is 6. The summed E-state index contributed by atoms with van der Waals surface area (Å²) < 4.78 is 6.94. The van der Waals surface area contributed by atoms with Crippen LogP contribution < -0.4 is 0 Å². The molecule has 0 unspecified atom stereocenters. The van der Waals surface area contributed by atoms with Crippen LogP contribution in [-0.4, -0.2) is 29.1 Å². The van der Waals surface area contributed by atoms with E-state index < -0.39 is 0 Å². The van der Waals surface area contributed by atoms with Gasteiger partial charge in [0.1, 0.15) is 5.82 Å². The van der Waals surface area contributed by atoms with E-state index in [4.69, 9.17) is 19.9 Å². The SMILES string of the molecule is c1ccc(-c2nc(-c3ccc(-n4c5ccccc5c5ccccc54)cc3)nc(-c3cccc4sc5ccc(-c6nc7ccccc7n6-c6ccccc6)cc5c34)n2)cc1. The minimum Gasteiger partial charge on any atom is -0.309 e. The number of fused-ring (bicyclic) bond motifs is 7. The highest BCUT2D eigenvalue weighted by Gasteiger charge is 2.20. The number of aromatic nitrogens is 6. The molecule has 4 heterocycles. The highest BCUT2D eigenvalue weighted by atomic mass is 32.1. The molecule has 4 aromatic heterocycles. The smallest absolute Gasteiger partial charge is 0.164 e. The van der Waals surface area contributed by atoms with Crippen LogP contribution in [0.3, 0.4) is 0 Å². The molecule has 0 radical (unpaired) electrons. The van der Waals surface area contributed by atoms with Gasteiger partial charge >= 0.3 is 0 Å². The third-order valence-corrected chi connectivity index (χ3v) is 12.3. The predicted molar refractivity (Wildman–Crippen MR) is 243 cm³/mol. The molecule has 6 nitrogen and oxygen atoms in total. The van der Waals surface area contributed by atoms with Gasteiger partial charge < -0.3 is 4.57 Å². The van der Waals surface area contributed by atoms with E-state index in [1.54, 1.807) is 11.3 Å². The molecule has 0 fully saturated rings. The Bertz CT molecular complexity index is 3490. The highest BCUT2D eigenvalue weighted by molar-refractivity contribution is 7.26. The number of rotatable bonds is 6. The van der Waals surface area contributed by atoms with Gasteiger partial charge in [-0.2, -0.15) is 0 Å². The highest BCUT2D eigenvalue weighted by Crippen LogP contribution is 2.42. The average Bonchev–Trinajstić information content (AvgIpc) is 3.99. The van der Waals surface area contributed by atoms with E-state index in [9.17, 15) is 0 Å². The molecule has 12 aromatic rings. The third-order valence-electron chi connectivity index (χ3n) is 11.2. The van der Waals surface area contributed by atoms with E-state index in [-0.39, 0.29) is 0 Å². The van der Waals surface area contributed by atoms with Gasteiger partial charge in [-0.25, -0.2) is 19.9 Å². The molecule has 59 heavy (non-hydrogen) atoms. The lowest BCUT2D eigenvalue weighted by Crippen LogP contribution is -2.01. The second-order valence-electron chi connectivity index (χ2n) is 14.7. The standard InChI is InChI=1S/C52H32N6S/c1-3-14-33(15-4-1)49-54-50(34-26-29-37(30-27-34)57-43-22-10-7-18-38(43)39-19-8-11-23-44(39)57)56-51(55-49)40-20-13-25-47-48(40)41-32-35(28-31-46(41)59-47)52-53-42-21-9-12-24-45(42)58(52)36-16-5-2-6-17-36/h1-32H. The molecule has 8 aromatic carbocycles. The number of para-hydroxylation sites is 5. The summed E-state index contributed by atoms with van der Waals surface area (Å²) in [4.78, 5) is 20.7. The van der Waals surface area contributed by atoms with Crippen molar-refractivity contribution in [3.05, 3.63) is 194 Å². The van der Waals surface area contributed by atoms with Crippen molar-refractivity contribution >= 4 is 64.3 Å². The molecule has 0 atom stereocenters. The topological polar surface area (TPSA) is 61.4 Å². The summed E-state index contributed by atoms with van der Waals surface area (Å²) >= 11 is 1.78. The Labute approximate surface area is 343 Å². The van der Waals surface area contributed by atoms with Gasteiger partial charge in [0.25, 0.3) is 0 Å². The molecule has 0 spiro atoms. The zero-order valence-electron chi connectivity index (χ0n) is 31.6. The fourth-order valence-corrected chi connectivity index (χ4v) is 9.62. The number of hydrogen-bond acceptors (Lipinski definition) is 5. The lowest BCUT2D eigenvalue weighted by Gasteiger charge is -2.11. The summed E-state index contributed by atoms with van der Waals surface area (Å²) in [5.74, 6) is 2.78. The van der Waals surface area contributed by atoms with Crippen LogP contribution >= 0.6 is 11.3 Å². The summed E-state index contributed by atoms with van der Waals surface area (Å²) in [5, 5.41) is 4.73. The van der Waals surface area contributed by atoms with E-state index in [1.165, 1.54) is 31.2 Å². The average molecular weight is 773 g/mol. The van der Waals surface area contributed by atoms with Gasteiger partial charge in [0, 0.05) is 64.6 Å². The van der Waals surface area contributed by atoms with Gasteiger partial charge in [0.2, 0.25) is 0 Å². The van der Waals surface area contributed by atoms with Crippen LogP contribution in [0, 0.1) is 0 Å². The van der Waals surface area contributed by atoms with E-state index in [0.29, 0.717) is 17.5 Å². The van der Waals surface area contributed by atoms with Crippen molar-refractivity contribution in [1.29, 1.82) is 0 Å². The quantitative estimate of drug-likeness (QED) is 0.169. The number of benzene rings is 8. The molecule has 12 rings (SSSR count). The molecule has 0 aliphatic rings. The van der Waals surface area contributed by atoms with E-state index in [2.05, 4.69) is 173 Å². The third kappa shape index (κ3) is 5.47. The van der Waals surface area contributed by atoms with Gasteiger partial charge in [-0.05, 0) is 84.9 Å². The molecule has 0 N–H and O–H groups in total. The zero-order valence-corrected chi connectivity index (χ0v) is 32.4. The van der Waals surface area contributed by atoms with Crippen LogP contribution in [0.15, 0.2) is 194 Å². The van der Waals surface area contributed by atoms with E-state index >= 15 is 0 Å². The van der Waals surface area contributed by atoms with Crippen LogP contribution in [-0.2, 0) is 0 Å². The molecular weight excluding hydrogens is 741 g/mol. The summed E-state index contributed by atoms with van der Waals surface area (Å²) in [6.45, 7) is 0. The van der Waals surface area contributed by atoms with Crippen LogP contribution in [0.5, 0.6) is 0 Å². The lowest BCUT2D eigenvalue weighted by atomic mass is 10.0. The van der Waals surface area contributed by atoms with Crippen molar-refractivity contribution in [3.8, 4) is 56.9 Å². The Kier molecular flexibility index (Phi) is 7.61. The molecule has 0 bridgehead atoms. The van der Waals surface area contributed by atoms with Crippen LogP contribution in [0.25, 0.3) is 110 Å². The van der Waals surface area contributed by atoms with Crippen LogP contribution in [0.4, 0.5) is 0 Å². The minimum absolute atomic E-state index is 0.622. The molecule has 0 saturated carbocycles. The van der Waals surface area contributed by atoms with Gasteiger partial charge in [-0.15, -0.1) is 11.3 Å². The molecule has 0 amide bonds. The Morgan fingerprint density at radius 2 is 0.932 bits per heavy atom. The predicted octanol–water partition coefficient (Wildman–Crippen LogP) is 13.3. The number of hydrogen-bond donors (Lipinski definition) is 0. The molecule has 7 heteroatoms. The Morgan fingerprint density at radius 3 is 1.66 bits per heavy atom. The van der Waals surface area contributed by atoms with Crippen LogP contribution in [0.1, 0.15) is 0 Å². The number of imidazole rings is 1. The normalized spacial score (nSPS) is 11.7. The largest absolute Gasteiger partial charge is 0.309 e. The fourth-order valence-electron chi connectivity index (χ4n) is 8.51. The molecule has 0 aliphatic heterocycles. The monoisotopic (exact) mass is 772 g/mol. The van der Waals surface area contributed by atoms with E-state index in [1.807, 2.05) is 30.3 Å². The molecular formula is C52H32N6S. The van der Waals surface area contributed by atoms with Crippen molar-refractivity contribution in [2.24, 2.45) is 0 Å². The molecule has 276 valence electrons. The lowest BCUT2D eigenvalue weighted by molar-refractivity contribution is 1.07. The second kappa shape index (κ2) is 13.4. The van der Waals surface area contributed by atoms with Crippen molar-refractivity contribution in [2.45, 2.75) is 0 Å². The van der Waals surface area contributed by atoms with Gasteiger partial charge in [0.15, 0.2) is 17.5 Å². The van der Waals surface area contributed by atoms with Crippen molar-refractivity contribution in [2.75, 3.05) is 0 Å². The molecule has 0 aliphatic carbocycles. The van der Waals surface area contributed by atoms with Gasteiger partial charge in [-0.3, -0.25) is 4.57 Å². The first-order valence-electron chi connectivity index (χ1n) is 19.6. The first-order chi connectivity index (χ1) is 29.2. The van der Waals surface area contributed by atoms with E-state index in [0.717, 1.165) is 61.3 Å². The van der Waals surface area contributed by atoms with Crippen molar-refractivity contribution in [3.63, 3.8) is 0 Å². The minimum atomic E-state index is 0.622. The fraction of sp³-hybridized carbons (Fsp3) is 0. The maximum atomic E-state index is 5.25. The maximum Gasteiger partial charge on any atom is 0.164 e. The summed E-state index contributed by atoms with van der Waals surface area (Å²) in [6.07, 6.45) is 0. The first-order valence-corrected chi connectivity index (χ1v) is 20.5. The van der Waals surface area contributed by atoms with Crippen molar-refractivity contribution in [1.82, 2.24) is 29.1 Å². The maximum absolute atomic E-state index is 5.25. The first kappa shape index (κ1) is 33.4. The Morgan fingerprint density at radius 1 is 0.356 bits per heavy atom. The van der Waals surface area contributed by atoms with Crippen molar-refractivity contribution < 1.29 is 0 Å². The summed E-state index contributed by atoms with van der Waals surface area (Å²) in [7, 11) is 0. The summed E-state index contributed by atoms with van der Waals surface area (Å²) in [6, 6.07) is 67.8. The van der Waals surface area contributed by atoms with Gasteiger partial charge in [0.05, 0.1) is 22.1 Å². The second-order valence-corrected chi connectivity index (χ2v) is 15.8. The summed E-state index contributed by atoms with van der Waals surface area (Å²) in [5.41, 5.74) is 10.4. The molecule has 0 saturated heterocycles. The van der Waals surface area contributed by atoms with Crippen LogP contribution in [0.2, 0.25) is 0 Å². The Balaban J connectivity index is 1.03. The zero-order chi connectivity index (χ0) is 38.9. The van der Waals surface area contributed by atoms with Gasteiger partial charge in [-0.1, -0.05) is 109 Å². The number of thiophene rings is 1.